The zero-order valence-electron chi connectivity index (χ0n) is 17.0. The van der Waals surface area contributed by atoms with Crippen molar-refractivity contribution in [3.63, 3.8) is 0 Å². The Hall–Kier alpha value is -2.87. The highest BCUT2D eigenvalue weighted by Gasteiger charge is 2.24. The van der Waals surface area contributed by atoms with Crippen molar-refractivity contribution in [3.05, 3.63) is 41.6 Å². The summed E-state index contributed by atoms with van der Waals surface area (Å²) in [7, 11) is 0. The molecular formula is C21H27N5O3. The smallest absolute Gasteiger partial charge is 0.274 e. The number of anilines is 1. The molecule has 0 unspecified atom stereocenters. The topological polar surface area (TPSA) is 71.0 Å². The molecule has 8 nitrogen and oxygen atoms in total. The van der Waals surface area contributed by atoms with E-state index in [9.17, 15) is 4.79 Å². The third-order valence-electron chi connectivity index (χ3n) is 5.46. The van der Waals surface area contributed by atoms with Gasteiger partial charge in [-0.3, -0.25) is 9.69 Å². The average Bonchev–Trinajstić information content (AvgIpc) is 3.23. The van der Waals surface area contributed by atoms with Crippen molar-refractivity contribution in [2.45, 2.75) is 20.4 Å². The molecule has 3 heterocycles. The monoisotopic (exact) mass is 397 g/mol. The average molecular weight is 397 g/mol. The zero-order chi connectivity index (χ0) is 20.2. The maximum atomic E-state index is 12.8. The molecule has 29 heavy (non-hydrogen) atoms. The van der Waals surface area contributed by atoms with Gasteiger partial charge in [0.25, 0.3) is 5.91 Å². The van der Waals surface area contributed by atoms with E-state index in [2.05, 4.69) is 39.9 Å². The first-order valence-electron chi connectivity index (χ1n) is 10.2. The molecule has 0 N–H and O–H groups in total. The number of carbonyl (C=O) groups is 1. The molecule has 0 aliphatic carbocycles. The SMILES string of the molecule is CCN(CC)c1ccc(C(=O)N2CCN(Cc3ccc4c(c3)OCO4)CC2)nn1. The summed E-state index contributed by atoms with van der Waals surface area (Å²) in [6.07, 6.45) is 0. The quantitative estimate of drug-likeness (QED) is 0.738. The highest BCUT2D eigenvalue weighted by Crippen LogP contribution is 2.32. The Kier molecular flexibility index (Phi) is 5.80. The third-order valence-corrected chi connectivity index (χ3v) is 5.46. The van der Waals surface area contributed by atoms with Crippen LogP contribution in [0, 0.1) is 0 Å². The van der Waals surface area contributed by atoms with E-state index in [1.807, 2.05) is 23.1 Å². The molecule has 1 saturated heterocycles. The second-order valence-electron chi connectivity index (χ2n) is 7.21. The minimum Gasteiger partial charge on any atom is -0.454 e. The van der Waals surface area contributed by atoms with Crippen LogP contribution in [0.3, 0.4) is 0 Å². The summed E-state index contributed by atoms with van der Waals surface area (Å²) in [6.45, 7) is 10.0. The third kappa shape index (κ3) is 4.27. The summed E-state index contributed by atoms with van der Waals surface area (Å²) < 4.78 is 10.8. The van der Waals surface area contributed by atoms with Crippen LogP contribution in [0.1, 0.15) is 29.9 Å². The number of fused-ring (bicyclic) bond motifs is 1. The molecule has 0 radical (unpaired) electrons. The van der Waals surface area contributed by atoms with Crippen LogP contribution in [0.4, 0.5) is 5.82 Å². The van der Waals surface area contributed by atoms with E-state index in [4.69, 9.17) is 9.47 Å². The molecule has 0 atom stereocenters. The van der Waals surface area contributed by atoms with E-state index in [0.29, 0.717) is 25.6 Å². The molecule has 2 aliphatic heterocycles. The van der Waals surface area contributed by atoms with Gasteiger partial charge in [-0.1, -0.05) is 6.07 Å². The summed E-state index contributed by atoms with van der Waals surface area (Å²) in [5.41, 5.74) is 1.59. The number of nitrogens with zero attached hydrogens (tertiary/aromatic N) is 5. The van der Waals surface area contributed by atoms with E-state index in [0.717, 1.165) is 50.0 Å². The van der Waals surface area contributed by atoms with Crippen molar-refractivity contribution in [1.82, 2.24) is 20.0 Å². The van der Waals surface area contributed by atoms with Gasteiger partial charge in [0.2, 0.25) is 6.79 Å². The fraction of sp³-hybridized carbons (Fsp3) is 0.476. The molecule has 2 aliphatic rings. The van der Waals surface area contributed by atoms with Crippen LogP contribution >= 0.6 is 0 Å². The van der Waals surface area contributed by atoms with Crippen LogP contribution in [0.5, 0.6) is 11.5 Å². The van der Waals surface area contributed by atoms with Gasteiger partial charge in [-0.05, 0) is 43.7 Å². The number of amides is 1. The zero-order valence-corrected chi connectivity index (χ0v) is 17.0. The Morgan fingerprint density at radius 3 is 2.45 bits per heavy atom. The molecule has 4 rings (SSSR count). The molecule has 1 fully saturated rings. The van der Waals surface area contributed by atoms with Crippen LogP contribution < -0.4 is 14.4 Å². The van der Waals surface area contributed by atoms with E-state index >= 15 is 0 Å². The van der Waals surface area contributed by atoms with Crippen LogP contribution in [0.25, 0.3) is 0 Å². The number of hydrogen-bond donors (Lipinski definition) is 0. The lowest BCUT2D eigenvalue weighted by atomic mass is 10.1. The maximum absolute atomic E-state index is 12.8. The fourth-order valence-corrected chi connectivity index (χ4v) is 3.72. The Morgan fingerprint density at radius 2 is 1.76 bits per heavy atom. The molecular weight excluding hydrogens is 370 g/mol. The second kappa shape index (κ2) is 8.65. The summed E-state index contributed by atoms with van der Waals surface area (Å²) in [4.78, 5) is 19.1. The van der Waals surface area contributed by atoms with E-state index < -0.39 is 0 Å². The summed E-state index contributed by atoms with van der Waals surface area (Å²) >= 11 is 0. The van der Waals surface area contributed by atoms with Gasteiger partial charge in [-0.2, -0.15) is 0 Å². The first-order valence-corrected chi connectivity index (χ1v) is 10.2. The van der Waals surface area contributed by atoms with Crippen LogP contribution in [-0.2, 0) is 6.54 Å². The fourth-order valence-electron chi connectivity index (χ4n) is 3.72. The predicted octanol–water partition coefficient (Wildman–Crippen LogP) is 2.01. The van der Waals surface area contributed by atoms with Crippen LogP contribution in [0.15, 0.2) is 30.3 Å². The number of rotatable bonds is 6. The van der Waals surface area contributed by atoms with Gasteiger partial charge < -0.3 is 19.3 Å². The van der Waals surface area contributed by atoms with Crippen molar-refractivity contribution in [2.24, 2.45) is 0 Å². The van der Waals surface area contributed by atoms with Crippen LogP contribution in [-0.4, -0.2) is 72.0 Å². The van der Waals surface area contributed by atoms with Gasteiger partial charge in [-0.15, -0.1) is 10.2 Å². The summed E-state index contributed by atoms with van der Waals surface area (Å²) in [6, 6.07) is 9.72. The van der Waals surface area contributed by atoms with E-state index in [-0.39, 0.29) is 5.91 Å². The molecule has 154 valence electrons. The van der Waals surface area contributed by atoms with Crippen LogP contribution in [0.2, 0.25) is 0 Å². The molecule has 1 aromatic heterocycles. The van der Waals surface area contributed by atoms with Crippen molar-refractivity contribution >= 4 is 11.7 Å². The van der Waals surface area contributed by atoms with Gasteiger partial charge in [0, 0.05) is 45.8 Å². The maximum Gasteiger partial charge on any atom is 0.274 e. The Morgan fingerprint density at radius 1 is 1.00 bits per heavy atom. The van der Waals surface area contributed by atoms with E-state index in [1.165, 1.54) is 5.56 Å². The lowest BCUT2D eigenvalue weighted by Crippen LogP contribution is -2.48. The highest BCUT2D eigenvalue weighted by molar-refractivity contribution is 5.92. The molecule has 1 amide bonds. The van der Waals surface area contributed by atoms with Crippen molar-refractivity contribution < 1.29 is 14.3 Å². The van der Waals surface area contributed by atoms with Crippen molar-refractivity contribution in [2.75, 3.05) is 51.0 Å². The Bertz CT molecular complexity index is 846. The summed E-state index contributed by atoms with van der Waals surface area (Å²) in [5.74, 6) is 2.37. The first kappa shape index (κ1) is 19.4. The number of hydrogen-bond acceptors (Lipinski definition) is 7. The molecule has 8 heteroatoms. The number of benzene rings is 1. The molecule has 2 aromatic rings. The highest BCUT2D eigenvalue weighted by atomic mass is 16.7. The molecule has 0 spiro atoms. The predicted molar refractivity (Wildman–Crippen MR) is 109 cm³/mol. The largest absolute Gasteiger partial charge is 0.454 e. The van der Waals surface area contributed by atoms with Gasteiger partial charge in [0.1, 0.15) is 0 Å². The van der Waals surface area contributed by atoms with Crippen molar-refractivity contribution in [1.29, 1.82) is 0 Å². The minimum atomic E-state index is -0.0497. The summed E-state index contributed by atoms with van der Waals surface area (Å²) in [5, 5.41) is 8.40. The second-order valence-corrected chi connectivity index (χ2v) is 7.21. The van der Waals surface area contributed by atoms with E-state index in [1.54, 1.807) is 6.07 Å². The molecule has 0 saturated carbocycles. The molecule has 0 bridgehead atoms. The normalized spacial score (nSPS) is 16.1. The lowest BCUT2D eigenvalue weighted by molar-refractivity contribution is 0.0621. The van der Waals surface area contributed by atoms with Gasteiger partial charge in [0.15, 0.2) is 23.0 Å². The van der Waals surface area contributed by atoms with Crippen molar-refractivity contribution in [3.8, 4) is 11.5 Å². The van der Waals surface area contributed by atoms with Gasteiger partial charge >= 0.3 is 0 Å². The Labute approximate surface area is 171 Å². The number of ether oxygens (including phenoxy) is 2. The lowest BCUT2D eigenvalue weighted by Gasteiger charge is -2.34. The standard InChI is InChI=1S/C21H27N5O3/c1-3-25(4-2)20-8-6-17(22-23-20)21(27)26-11-9-24(10-12-26)14-16-5-7-18-19(13-16)29-15-28-18/h5-8,13H,3-4,9-12,14-15H2,1-2H3. The number of piperazine rings is 1. The number of aromatic nitrogens is 2. The molecule has 1 aromatic carbocycles. The Balaban J connectivity index is 1.31. The van der Waals surface area contributed by atoms with Gasteiger partial charge in [-0.25, -0.2) is 0 Å². The van der Waals surface area contributed by atoms with Gasteiger partial charge in [0.05, 0.1) is 0 Å². The number of carbonyl (C=O) groups excluding carboxylic acids is 1. The minimum absolute atomic E-state index is 0.0497. The first-order chi connectivity index (χ1) is 14.2.